The molecule has 0 aromatic heterocycles. The number of halogens is 2. The number of carbonyl (C=O) groups is 1. The molecule has 0 radical (unpaired) electrons. The molecule has 0 unspecified atom stereocenters. The Kier molecular flexibility index (Phi) is 6.46. The number of amides is 1. The normalized spacial score (nSPS) is 14.3. The molecular formula is C12H16BrClN2O2. The Morgan fingerprint density at radius 3 is 2.89 bits per heavy atom. The predicted molar refractivity (Wildman–Crippen MR) is 76.3 cm³/mol. The summed E-state index contributed by atoms with van der Waals surface area (Å²) in [5, 5.41) is 6.02. The number of nitrogens with one attached hydrogen (secondary N) is 2. The van der Waals surface area contributed by atoms with Crippen molar-refractivity contribution in [1.29, 1.82) is 0 Å². The second-order valence-electron chi connectivity index (χ2n) is 4.07. The van der Waals surface area contributed by atoms with Gasteiger partial charge in [0, 0.05) is 30.0 Å². The second kappa shape index (κ2) is 7.61. The molecule has 100 valence electrons. The van der Waals surface area contributed by atoms with E-state index in [0.717, 1.165) is 24.1 Å². The molecule has 0 spiro atoms. The van der Waals surface area contributed by atoms with E-state index in [1.54, 1.807) is 0 Å². The van der Waals surface area contributed by atoms with Crippen molar-refractivity contribution in [3.8, 4) is 5.75 Å². The first kappa shape index (κ1) is 15.3. The third-order valence-corrected chi connectivity index (χ3v) is 3.11. The molecule has 4 nitrogen and oxygen atoms in total. The molecule has 1 aromatic rings. The van der Waals surface area contributed by atoms with E-state index in [9.17, 15) is 4.79 Å². The zero-order valence-electron chi connectivity index (χ0n) is 9.82. The van der Waals surface area contributed by atoms with Gasteiger partial charge in [-0.3, -0.25) is 4.79 Å². The molecule has 1 aliphatic heterocycles. The van der Waals surface area contributed by atoms with E-state index in [1.807, 2.05) is 24.3 Å². The van der Waals surface area contributed by atoms with Crippen molar-refractivity contribution in [2.24, 2.45) is 5.92 Å². The summed E-state index contributed by atoms with van der Waals surface area (Å²) in [5.74, 6) is 1.20. The predicted octanol–water partition coefficient (Wildman–Crippen LogP) is 1.59. The smallest absolute Gasteiger partial charge is 0.257 e. The van der Waals surface area contributed by atoms with Crippen LogP contribution in [0.2, 0.25) is 0 Å². The number of benzene rings is 1. The van der Waals surface area contributed by atoms with Crippen LogP contribution in [0.5, 0.6) is 5.75 Å². The van der Waals surface area contributed by atoms with Crippen LogP contribution in [0, 0.1) is 5.92 Å². The van der Waals surface area contributed by atoms with Crippen LogP contribution in [0.1, 0.15) is 0 Å². The first-order chi connectivity index (χ1) is 8.24. The molecule has 0 aliphatic carbocycles. The molecule has 1 aliphatic rings. The fourth-order valence-corrected chi connectivity index (χ4v) is 1.89. The van der Waals surface area contributed by atoms with Gasteiger partial charge in [0.2, 0.25) is 0 Å². The molecule has 1 fully saturated rings. The van der Waals surface area contributed by atoms with Crippen molar-refractivity contribution >= 4 is 34.2 Å². The molecule has 1 amide bonds. The van der Waals surface area contributed by atoms with E-state index in [4.69, 9.17) is 4.74 Å². The van der Waals surface area contributed by atoms with Crippen LogP contribution in [0.4, 0.5) is 0 Å². The van der Waals surface area contributed by atoms with Crippen LogP contribution in [0.3, 0.4) is 0 Å². The van der Waals surface area contributed by atoms with E-state index in [2.05, 4.69) is 26.6 Å². The van der Waals surface area contributed by atoms with Crippen molar-refractivity contribution in [2.75, 3.05) is 26.2 Å². The van der Waals surface area contributed by atoms with Gasteiger partial charge in [-0.1, -0.05) is 22.0 Å². The molecule has 18 heavy (non-hydrogen) atoms. The molecule has 6 heteroatoms. The van der Waals surface area contributed by atoms with Crippen LogP contribution >= 0.6 is 28.3 Å². The Hall–Kier alpha value is -0.780. The van der Waals surface area contributed by atoms with Gasteiger partial charge in [0.1, 0.15) is 5.75 Å². The van der Waals surface area contributed by atoms with E-state index < -0.39 is 0 Å². The van der Waals surface area contributed by atoms with Crippen molar-refractivity contribution in [2.45, 2.75) is 0 Å². The van der Waals surface area contributed by atoms with Crippen molar-refractivity contribution in [3.05, 3.63) is 28.7 Å². The average molecular weight is 336 g/mol. The Labute approximate surface area is 121 Å². The van der Waals surface area contributed by atoms with Gasteiger partial charge in [0.25, 0.3) is 5.91 Å². The fraction of sp³-hybridized carbons (Fsp3) is 0.417. The summed E-state index contributed by atoms with van der Waals surface area (Å²) < 4.78 is 6.32. The highest BCUT2D eigenvalue weighted by atomic mass is 79.9. The van der Waals surface area contributed by atoms with Gasteiger partial charge in [-0.2, -0.15) is 0 Å². The van der Waals surface area contributed by atoms with Crippen molar-refractivity contribution in [1.82, 2.24) is 10.6 Å². The Morgan fingerprint density at radius 2 is 2.28 bits per heavy atom. The van der Waals surface area contributed by atoms with E-state index in [-0.39, 0.29) is 24.9 Å². The number of rotatable bonds is 5. The fourth-order valence-electron chi connectivity index (χ4n) is 1.51. The molecule has 0 bridgehead atoms. The highest BCUT2D eigenvalue weighted by Crippen LogP contribution is 2.17. The molecule has 2 N–H and O–H groups in total. The molecule has 0 saturated carbocycles. The van der Waals surface area contributed by atoms with Crippen molar-refractivity contribution < 1.29 is 9.53 Å². The van der Waals surface area contributed by atoms with Crippen molar-refractivity contribution in [3.63, 3.8) is 0 Å². The van der Waals surface area contributed by atoms with Gasteiger partial charge in [-0.05, 0) is 18.2 Å². The number of carbonyl (C=O) groups excluding carboxylic acids is 1. The summed E-state index contributed by atoms with van der Waals surface area (Å²) in [6.07, 6.45) is 0. The highest BCUT2D eigenvalue weighted by molar-refractivity contribution is 9.10. The topological polar surface area (TPSA) is 50.4 Å². The largest absolute Gasteiger partial charge is 0.484 e. The summed E-state index contributed by atoms with van der Waals surface area (Å²) in [7, 11) is 0. The summed E-state index contributed by atoms with van der Waals surface area (Å²) in [6, 6.07) is 7.45. The van der Waals surface area contributed by atoms with Gasteiger partial charge in [-0.25, -0.2) is 0 Å². The molecule has 1 aromatic carbocycles. The third-order valence-electron chi connectivity index (χ3n) is 2.62. The van der Waals surface area contributed by atoms with Crippen LogP contribution in [0.25, 0.3) is 0 Å². The molecule has 0 atom stereocenters. The van der Waals surface area contributed by atoms with Crippen LogP contribution in [-0.4, -0.2) is 32.1 Å². The zero-order chi connectivity index (χ0) is 12.1. The Morgan fingerprint density at radius 1 is 1.50 bits per heavy atom. The lowest BCUT2D eigenvalue weighted by Gasteiger charge is -2.27. The van der Waals surface area contributed by atoms with Crippen LogP contribution < -0.4 is 15.4 Å². The Bertz CT molecular complexity index is 399. The maximum atomic E-state index is 11.5. The van der Waals surface area contributed by atoms with Gasteiger partial charge >= 0.3 is 0 Å². The van der Waals surface area contributed by atoms with Crippen LogP contribution in [0.15, 0.2) is 28.7 Å². The monoisotopic (exact) mass is 334 g/mol. The number of hydrogen-bond acceptors (Lipinski definition) is 3. The lowest BCUT2D eigenvalue weighted by Crippen LogP contribution is -2.48. The molecule has 1 saturated heterocycles. The lowest BCUT2D eigenvalue weighted by molar-refractivity contribution is -0.123. The van der Waals surface area contributed by atoms with Crippen LogP contribution in [-0.2, 0) is 4.79 Å². The summed E-state index contributed by atoms with van der Waals surface area (Å²) >= 11 is 3.35. The average Bonchev–Trinajstić information content (AvgIpc) is 2.24. The maximum absolute atomic E-state index is 11.5. The van der Waals surface area contributed by atoms with Gasteiger partial charge < -0.3 is 15.4 Å². The summed E-state index contributed by atoms with van der Waals surface area (Å²) in [5.41, 5.74) is 0. The molecule has 1 heterocycles. The third kappa shape index (κ3) is 4.84. The molecule has 2 rings (SSSR count). The first-order valence-corrected chi connectivity index (χ1v) is 6.39. The van der Waals surface area contributed by atoms with E-state index in [1.165, 1.54) is 0 Å². The second-order valence-corrected chi connectivity index (χ2v) is 4.99. The molecular weight excluding hydrogens is 320 g/mol. The first-order valence-electron chi connectivity index (χ1n) is 5.60. The number of ether oxygens (including phenoxy) is 1. The highest BCUT2D eigenvalue weighted by Gasteiger charge is 2.17. The van der Waals surface area contributed by atoms with E-state index >= 15 is 0 Å². The minimum atomic E-state index is -0.0723. The van der Waals surface area contributed by atoms with Gasteiger partial charge in [0.15, 0.2) is 6.61 Å². The van der Waals surface area contributed by atoms with E-state index in [0.29, 0.717) is 11.7 Å². The summed E-state index contributed by atoms with van der Waals surface area (Å²) in [4.78, 5) is 11.5. The minimum absolute atomic E-state index is 0. The maximum Gasteiger partial charge on any atom is 0.257 e. The standard InChI is InChI=1S/C12H15BrN2O2.ClH/c13-10-2-1-3-11(4-10)17-8-12(16)15-7-9-5-14-6-9;/h1-4,9,14H,5-8H2,(H,15,16);1H. The summed E-state index contributed by atoms with van der Waals surface area (Å²) in [6.45, 7) is 2.78. The van der Waals surface area contributed by atoms with Gasteiger partial charge in [-0.15, -0.1) is 12.4 Å². The van der Waals surface area contributed by atoms with Gasteiger partial charge in [0.05, 0.1) is 0 Å². The lowest BCUT2D eigenvalue weighted by atomic mass is 10.0. The Balaban J connectivity index is 0.00000162. The quantitative estimate of drug-likeness (QED) is 0.859. The zero-order valence-corrected chi connectivity index (χ0v) is 12.2. The minimum Gasteiger partial charge on any atom is -0.484 e. The number of hydrogen-bond donors (Lipinski definition) is 2. The SMILES string of the molecule is Cl.O=C(COc1cccc(Br)c1)NCC1CNC1.